The van der Waals surface area contributed by atoms with E-state index >= 15 is 0 Å². The summed E-state index contributed by atoms with van der Waals surface area (Å²) in [5.74, 6) is -0.754. The van der Waals surface area contributed by atoms with Gasteiger partial charge in [-0.15, -0.1) is 10.2 Å². The average Bonchev–Trinajstić information content (AvgIpc) is 3.05. The van der Waals surface area contributed by atoms with Crippen LogP contribution in [0.4, 0.5) is 10.1 Å². The monoisotopic (exact) mass is 381 g/mol. The van der Waals surface area contributed by atoms with Gasteiger partial charge in [0.2, 0.25) is 11.1 Å². The molecule has 4 aromatic rings. The second-order valence-corrected chi connectivity index (χ2v) is 7.13. The van der Waals surface area contributed by atoms with Gasteiger partial charge in [-0.1, -0.05) is 36.0 Å². The predicted molar refractivity (Wildman–Crippen MR) is 104 cm³/mol. The van der Waals surface area contributed by atoms with Crippen LogP contribution in [0.1, 0.15) is 11.1 Å². The molecule has 0 radical (unpaired) electrons. The standard InChI is InChI=1S/C19H16FN5OS/c1-10-7-8-11(2)16-15(10)17-18(22-16)23-19(25-24-17)27-9-14(26)21-13-6-4-3-5-12(13)20/h3-8H,9H2,1-2H3,(H,21,26)(H,22,23,25). The number of para-hydroxylation sites is 1. The van der Waals surface area contributed by atoms with Crippen molar-refractivity contribution in [3.05, 3.63) is 53.3 Å². The van der Waals surface area contributed by atoms with Gasteiger partial charge in [0.15, 0.2) is 5.65 Å². The minimum Gasteiger partial charge on any atom is -0.337 e. The molecule has 1 amide bonds. The van der Waals surface area contributed by atoms with Crippen molar-refractivity contribution in [2.45, 2.75) is 19.0 Å². The number of amides is 1. The minimum atomic E-state index is -0.473. The van der Waals surface area contributed by atoms with Gasteiger partial charge in [0, 0.05) is 5.39 Å². The minimum absolute atomic E-state index is 0.0554. The number of nitrogens with zero attached hydrogens (tertiary/aromatic N) is 3. The Morgan fingerprint density at radius 2 is 1.93 bits per heavy atom. The van der Waals surface area contributed by atoms with E-state index in [4.69, 9.17) is 0 Å². The smallest absolute Gasteiger partial charge is 0.234 e. The number of thioether (sulfide) groups is 1. The molecule has 0 bridgehead atoms. The Hall–Kier alpha value is -3.00. The molecular weight excluding hydrogens is 365 g/mol. The summed E-state index contributed by atoms with van der Waals surface area (Å²) in [7, 11) is 0. The van der Waals surface area contributed by atoms with Crippen molar-refractivity contribution in [2.24, 2.45) is 0 Å². The van der Waals surface area contributed by atoms with Crippen LogP contribution in [0.3, 0.4) is 0 Å². The van der Waals surface area contributed by atoms with E-state index in [9.17, 15) is 9.18 Å². The molecule has 27 heavy (non-hydrogen) atoms. The number of aryl methyl sites for hydroxylation is 2. The Balaban J connectivity index is 1.54. The maximum atomic E-state index is 13.6. The van der Waals surface area contributed by atoms with E-state index in [2.05, 4.69) is 25.5 Å². The van der Waals surface area contributed by atoms with Crippen molar-refractivity contribution in [3.8, 4) is 0 Å². The van der Waals surface area contributed by atoms with Gasteiger partial charge < -0.3 is 10.3 Å². The summed E-state index contributed by atoms with van der Waals surface area (Å²) in [5, 5.41) is 12.3. The molecule has 136 valence electrons. The highest BCUT2D eigenvalue weighted by atomic mass is 32.2. The van der Waals surface area contributed by atoms with E-state index < -0.39 is 5.82 Å². The van der Waals surface area contributed by atoms with Gasteiger partial charge in [0.25, 0.3) is 0 Å². The van der Waals surface area contributed by atoms with E-state index in [1.54, 1.807) is 12.1 Å². The molecule has 0 unspecified atom stereocenters. The lowest BCUT2D eigenvalue weighted by atomic mass is 10.1. The summed E-state index contributed by atoms with van der Waals surface area (Å²) < 4.78 is 13.6. The van der Waals surface area contributed by atoms with Crippen LogP contribution in [-0.2, 0) is 4.79 Å². The van der Waals surface area contributed by atoms with Gasteiger partial charge >= 0.3 is 0 Å². The molecule has 0 aliphatic rings. The van der Waals surface area contributed by atoms with Crippen LogP contribution in [0, 0.1) is 19.7 Å². The van der Waals surface area contributed by atoms with E-state index in [1.807, 2.05) is 26.0 Å². The Labute approximate surface area is 158 Å². The van der Waals surface area contributed by atoms with Gasteiger partial charge in [0.05, 0.1) is 17.0 Å². The van der Waals surface area contributed by atoms with Gasteiger partial charge in [-0.25, -0.2) is 9.37 Å². The summed E-state index contributed by atoms with van der Waals surface area (Å²) in [5.41, 5.74) is 4.70. The third kappa shape index (κ3) is 3.35. The zero-order valence-electron chi connectivity index (χ0n) is 14.7. The van der Waals surface area contributed by atoms with Crippen molar-refractivity contribution in [2.75, 3.05) is 11.1 Å². The molecule has 2 heterocycles. The fraction of sp³-hybridized carbons (Fsp3) is 0.158. The third-order valence-corrected chi connectivity index (χ3v) is 5.09. The summed E-state index contributed by atoms with van der Waals surface area (Å²) in [4.78, 5) is 19.8. The highest BCUT2D eigenvalue weighted by molar-refractivity contribution is 7.99. The number of nitrogens with one attached hydrogen (secondary N) is 2. The van der Waals surface area contributed by atoms with Crippen LogP contribution in [0.5, 0.6) is 0 Å². The number of rotatable bonds is 4. The highest BCUT2D eigenvalue weighted by Gasteiger charge is 2.14. The quantitative estimate of drug-likeness (QED) is 0.522. The molecule has 6 nitrogen and oxygen atoms in total. The van der Waals surface area contributed by atoms with Crippen LogP contribution in [0.25, 0.3) is 22.1 Å². The van der Waals surface area contributed by atoms with E-state index in [1.165, 1.54) is 12.1 Å². The molecule has 0 saturated heterocycles. The molecular formula is C19H16FN5OS. The highest BCUT2D eigenvalue weighted by Crippen LogP contribution is 2.28. The van der Waals surface area contributed by atoms with Crippen LogP contribution < -0.4 is 5.32 Å². The fourth-order valence-corrected chi connectivity index (χ4v) is 3.49. The number of hydrogen-bond acceptors (Lipinski definition) is 5. The SMILES string of the molecule is Cc1ccc(C)c2c1[nH]c1nc(SCC(=O)Nc3ccccc3F)nnc12. The fourth-order valence-electron chi connectivity index (χ4n) is 2.90. The molecule has 0 atom stereocenters. The second-order valence-electron chi connectivity index (χ2n) is 6.18. The number of carbonyl (C=O) groups is 1. The first-order valence-electron chi connectivity index (χ1n) is 8.32. The Morgan fingerprint density at radius 3 is 2.74 bits per heavy atom. The maximum absolute atomic E-state index is 13.6. The molecule has 2 aromatic carbocycles. The Morgan fingerprint density at radius 1 is 1.15 bits per heavy atom. The number of fused-ring (bicyclic) bond motifs is 3. The summed E-state index contributed by atoms with van der Waals surface area (Å²) in [6.07, 6.45) is 0. The molecule has 0 spiro atoms. The number of anilines is 1. The number of carbonyl (C=O) groups excluding carboxylic acids is 1. The lowest BCUT2D eigenvalue weighted by molar-refractivity contribution is -0.113. The molecule has 2 aromatic heterocycles. The van der Waals surface area contributed by atoms with Crippen molar-refractivity contribution < 1.29 is 9.18 Å². The van der Waals surface area contributed by atoms with Crippen LogP contribution in [0.15, 0.2) is 41.6 Å². The lowest BCUT2D eigenvalue weighted by Crippen LogP contribution is -2.15. The normalized spacial score (nSPS) is 11.2. The van der Waals surface area contributed by atoms with Crippen LogP contribution in [-0.4, -0.2) is 31.8 Å². The van der Waals surface area contributed by atoms with Gasteiger partial charge in [-0.3, -0.25) is 4.79 Å². The van der Waals surface area contributed by atoms with Crippen molar-refractivity contribution in [1.82, 2.24) is 20.2 Å². The first kappa shape index (κ1) is 17.4. The molecule has 4 rings (SSSR count). The second kappa shape index (κ2) is 6.96. The summed E-state index contributed by atoms with van der Waals surface area (Å²) in [6, 6.07) is 10.1. The predicted octanol–water partition coefficient (Wildman–Crippen LogP) is 3.99. The zero-order valence-corrected chi connectivity index (χ0v) is 15.5. The zero-order chi connectivity index (χ0) is 19.0. The third-order valence-electron chi connectivity index (χ3n) is 4.25. The number of hydrogen-bond donors (Lipinski definition) is 2. The Kier molecular flexibility index (Phi) is 4.49. The molecule has 0 fully saturated rings. The Bertz CT molecular complexity index is 1170. The van der Waals surface area contributed by atoms with Gasteiger partial charge in [-0.05, 0) is 37.1 Å². The van der Waals surface area contributed by atoms with E-state index in [-0.39, 0.29) is 17.3 Å². The van der Waals surface area contributed by atoms with E-state index in [0.29, 0.717) is 16.3 Å². The number of benzene rings is 2. The van der Waals surface area contributed by atoms with Crippen LogP contribution in [0.2, 0.25) is 0 Å². The topological polar surface area (TPSA) is 83.6 Å². The first-order valence-corrected chi connectivity index (χ1v) is 9.31. The molecule has 0 saturated carbocycles. The number of halogens is 1. The first-order chi connectivity index (χ1) is 13.0. The van der Waals surface area contributed by atoms with Gasteiger partial charge in [0.1, 0.15) is 11.3 Å². The van der Waals surface area contributed by atoms with Crippen molar-refractivity contribution in [1.29, 1.82) is 0 Å². The molecule has 0 aliphatic carbocycles. The molecule has 0 aliphatic heterocycles. The average molecular weight is 381 g/mol. The number of aromatic amines is 1. The van der Waals surface area contributed by atoms with Crippen molar-refractivity contribution >= 4 is 45.4 Å². The largest absolute Gasteiger partial charge is 0.337 e. The van der Waals surface area contributed by atoms with E-state index in [0.717, 1.165) is 33.8 Å². The van der Waals surface area contributed by atoms with Crippen molar-refractivity contribution in [3.63, 3.8) is 0 Å². The van der Waals surface area contributed by atoms with Gasteiger partial charge in [-0.2, -0.15) is 0 Å². The maximum Gasteiger partial charge on any atom is 0.234 e. The molecule has 8 heteroatoms. The number of H-pyrrole nitrogens is 1. The van der Waals surface area contributed by atoms with Crippen LogP contribution >= 0.6 is 11.8 Å². The lowest BCUT2D eigenvalue weighted by Gasteiger charge is -2.05. The summed E-state index contributed by atoms with van der Waals surface area (Å²) >= 11 is 1.15. The number of aromatic nitrogens is 4. The molecule has 2 N–H and O–H groups in total. The summed E-state index contributed by atoms with van der Waals surface area (Å²) in [6.45, 7) is 4.04.